The lowest BCUT2D eigenvalue weighted by Crippen LogP contribution is -2.35. The summed E-state index contributed by atoms with van der Waals surface area (Å²) in [6.45, 7) is 3.12. The third-order valence-corrected chi connectivity index (χ3v) is 5.94. The molecule has 26 heavy (non-hydrogen) atoms. The standard InChI is InChI=1S/C20H24N2O3S/c1-2-20(23)22-12-10-17-8-9-19(14-18(17)15-22)21-26(24,25)13-11-16-6-4-3-5-7-16/h3-9,14,21H,2,10-13,15H2,1H3. The van der Waals surface area contributed by atoms with Gasteiger partial charge in [0.25, 0.3) is 0 Å². The van der Waals surface area contributed by atoms with E-state index in [9.17, 15) is 13.2 Å². The number of fused-ring (bicyclic) bond motifs is 1. The van der Waals surface area contributed by atoms with Crippen LogP contribution in [0.25, 0.3) is 0 Å². The van der Waals surface area contributed by atoms with Crippen molar-refractivity contribution in [2.24, 2.45) is 0 Å². The number of nitrogens with one attached hydrogen (secondary N) is 1. The van der Waals surface area contributed by atoms with Crippen molar-refractivity contribution in [3.63, 3.8) is 0 Å². The molecule has 6 heteroatoms. The van der Waals surface area contributed by atoms with Crippen LogP contribution in [0.3, 0.4) is 0 Å². The number of nitrogens with zero attached hydrogens (tertiary/aromatic N) is 1. The van der Waals surface area contributed by atoms with Gasteiger partial charge in [-0.3, -0.25) is 9.52 Å². The Hall–Kier alpha value is -2.34. The summed E-state index contributed by atoms with van der Waals surface area (Å²) in [6.07, 6.45) is 1.77. The average molecular weight is 372 g/mol. The first-order valence-corrected chi connectivity index (χ1v) is 10.6. The number of carbonyl (C=O) groups excluding carboxylic acids is 1. The number of hydrogen-bond donors (Lipinski definition) is 1. The fourth-order valence-corrected chi connectivity index (χ4v) is 4.28. The van der Waals surface area contributed by atoms with Crippen molar-refractivity contribution in [1.29, 1.82) is 0 Å². The van der Waals surface area contributed by atoms with Crippen molar-refractivity contribution >= 4 is 21.6 Å². The van der Waals surface area contributed by atoms with Crippen LogP contribution in [0.15, 0.2) is 48.5 Å². The molecule has 0 spiro atoms. The van der Waals surface area contributed by atoms with Crippen LogP contribution in [0, 0.1) is 0 Å². The number of aryl methyl sites for hydroxylation is 1. The first kappa shape index (κ1) is 18.5. The summed E-state index contributed by atoms with van der Waals surface area (Å²) >= 11 is 0. The number of benzene rings is 2. The number of carbonyl (C=O) groups is 1. The molecule has 0 bridgehead atoms. The Labute approximate surface area is 155 Å². The van der Waals surface area contributed by atoms with Gasteiger partial charge < -0.3 is 4.90 Å². The Bertz CT molecular complexity index is 879. The lowest BCUT2D eigenvalue weighted by atomic mass is 9.99. The number of rotatable bonds is 6. The molecular formula is C20H24N2O3S. The van der Waals surface area contributed by atoms with Crippen LogP contribution >= 0.6 is 0 Å². The van der Waals surface area contributed by atoms with Gasteiger partial charge in [-0.1, -0.05) is 43.3 Å². The van der Waals surface area contributed by atoms with Gasteiger partial charge >= 0.3 is 0 Å². The highest BCUT2D eigenvalue weighted by Gasteiger charge is 2.20. The summed E-state index contributed by atoms with van der Waals surface area (Å²) in [5.41, 5.74) is 3.75. The van der Waals surface area contributed by atoms with Crippen molar-refractivity contribution in [3.05, 3.63) is 65.2 Å². The molecule has 0 aromatic heterocycles. The minimum Gasteiger partial charge on any atom is -0.338 e. The number of hydrogen-bond acceptors (Lipinski definition) is 3. The second kappa shape index (κ2) is 7.91. The Morgan fingerprint density at radius 2 is 1.88 bits per heavy atom. The minimum atomic E-state index is -3.42. The van der Waals surface area contributed by atoms with E-state index in [2.05, 4.69) is 4.72 Å². The molecule has 0 saturated heterocycles. The smallest absolute Gasteiger partial charge is 0.233 e. The van der Waals surface area contributed by atoms with E-state index < -0.39 is 10.0 Å². The predicted molar refractivity (Wildman–Crippen MR) is 103 cm³/mol. The maximum atomic E-state index is 12.4. The highest BCUT2D eigenvalue weighted by molar-refractivity contribution is 7.92. The summed E-state index contributed by atoms with van der Waals surface area (Å²) in [5, 5.41) is 0. The summed E-state index contributed by atoms with van der Waals surface area (Å²) in [7, 11) is -3.42. The molecule has 2 aromatic rings. The molecule has 1 aliphatic rings. The molecule has 1 heterocycles. The second-order valence-corrected chi connectivity index (χ2v) is 8.40. The van der Waals surface area contributed by atoms with E-state index in [4.69, 9.17) is 0 Å². The van der Waals surface area contributed by atoms with Gasteiger partial charge in [-0.15, -0.1) is 0 Å². The van der Waals surface area contributed by atoms with Gasteiger partial charge in [0.05, 0.1) is 5.75 Å². The second-order valence-electron chi connectivity index (χ2n) is 6.56. The molecule has 0 fully saturated rings. The van der Waals surface area contributed by atoms with Gasteiger partial charge in [0, 0.05) is 25.2 Å². The highest BCUT2D eigenvalue weighted by Crippen LogP contribution is 2.24. The van der Waals surface area contributed by atoms with Crippen LogP contribution in [0.5, 0.6) is 0 Å². The van der Waals surface area contributed by atoms with E-state index >= 15 is 0 Å². The zero-order chi connectivity index (χ0) is 18.6. The first-order chi connectivity index (χ1) is 12.5. The van der Waals surface area contributed by atoms with Crippen molar-refractivity contribution in [2.75, 3.05) is 17.0 Å². The van der Waals surface area contributed by atoms with Crippen LogP contribution in [0.2, 0.25) is 0 Å². The van der Waals surface area contributed by atoms with Crippen molar-refractivity contribution in [2.45, 2.75) is 32.7 Å². The molecule has 0 aliphatic carbocycles. The normalized spacial score (nSPS) is 14.0. The third kappa shape index (κ3) is 4.64. The molecule has 1 aliphatic heterocycles. The summed E-state index contributed by atoms with van der Waals surface area (Å²) < 4.78 is 27.4. The van der Waals surface area contributed by atoms with E-state index in [1.165, 1.54) is 5.56 Å². The van der Waals surface area contributed by atoms with Crippen LogP contribution in [-0.2, 0) is 34.2 Å². The largest absolute Gasteiger partial charge is 0.338 e. The van der Waals surface area contributed by atoms with Gasteiger partial charge in [0.2, 0.25) is 15.9 Å². The molecule has 0 unspecified atom stereocenters. The summed E-state index contributed by atoms with van der Waals surface area (Å²) in [5.74, 6) is 0.165. The van der Waals surface area contributed by atoms with Gasteiger partial charge in [-0.05, 0) is 41.7 Å². The Balaban J connectivity index is 1.67. The molecule has 0 atom stereocenters. The van der Waals surface area contributed by atoms with Gasteiger partial charge in [0.15, 0.2) is 0 Å². The van der Waals surface area contributed by atoms with E-state index in [1.54, 1.807) is 6.07 Å². The Morgan fingerprint density at radius 1 is 1.12 bits per heavy atom. The topological polar surface area (TPSA) is 66.5 Å². The van der Waals surface area contributed by atoms with Crippen molar-refractivity contribution in [1.82, 2.24) is 4.90 Å². The van der Waals surface area contributed by atoms with E-state index in [1.807, 2.05) is 54.3 Å². The zero-order valence-corrected chi connectivity index (χ0v) is 15.8. The quantitative estimate of drug-likeness (QED) is 0.848. The molecule has 3 rings (SSSR count). The molecule has 1 amide bonds. The summed E-state index contributed by atoms with van der Waals surface area (Å²) in [6, 6.07) is 15.2. The van der Waals surface area contributed by atoms with E-state index in [0.717, 1.165) is 24.1 Å². The number of sulfonamides is 1. The van der Waals surface area contributed by atoms with Crippen LogP contribution in [-0.4, -0.2) is 31.5 Å². The van der Waals surface area contributed by atoms with E-state index in [0.29, 0.717) is 25.1 Å². The molecule has 1 N–H and O–H groups in total. The number of amides is 1. The molecule has 138 valence electrons. The zero-order valence-electron chi connectivity index (χ0n) is 14.9. The lowest BCUT2D eigenvalue weighted by molar-refractivity contribution is -0.131. The fraction of sp³-hybridized carbons (Fsp3) is 0.350. The van der Waals surface area contributed by atoms with Gasteiger partial charge in [-0.2, -0.15) is 0 Å². The lowest BCUT2D eigenvalue weighted by Gasteiger charge is -2.29. The van der Waals surface area contributed by atoms with E-state index in [-0.39, 0.29) is 11.7 Å². The van der Waals surface area contributed by atoms with Gasteiger partial charge in [0.1, 0.15) is 0 Å². The van der Waals surface area contributed by atoms with Gasteiger partial charge in [-0.25, -0.2) is 8.42 Å². The maximum Gasteiger partial charge on any atom is 0.233 e. The van der Waals surface area contributed by atoms with Crippen LogP contribution in [0.4, 0.5) is 5.69 Å². The highest BCUT2D eigenvalue weighted by atomic mass is 32.2. The Kier molecular flexibility index (Phi) is 5.61. The van der Waals surface area contributed by atoms with Crippen LogP contribution < -0.4 is 4.72 Å². The molecule has 0 radical (unpaired) electrons. The monoisotopic (exact) mass is 372 g/mol. The van der Waals surface area contributed by atoms with Crippen molar-refractivity contribution in [3.8, 4) is 0 Å². The predicted octanol–water partition coefficient (Wildman–Crippen LogP) is 2.97. The fourth-order valence-electron chi connectivity index (χ4n) is 3.18. The molecular weight excluding hydrogens is 348 g/mol. The number of anilines is 1. The average Bonchev–Trinajstić information content (AvgIpc) is 2.66. The SMILES string of the molecule is CCC(=O)N1CCc2ccc(NS(=O)(=O)CCc3ccccc3)cc2C1. The Morgan fingerprint density at radius 3 is 2.62 bits per heavy atom. The first-order valence-electron chi connectivity index (χ1n) is 8.91. The molecule has 2 aromatic carbocycles. The molecule has 0 saturated carbocycles. The summed E-state index contributed by atoms with van der Waals surface area (Å²) in [4.78, 5) is 13.8. The van der Waals surface area contributed by atoms with Crippen LogP contribution in [0.1, 0.15) is 30.0 Å². The third-order valence-electron chi connectivity index (χ3n) is 4.65. The minimum absolute atomic E-state index is 0.0363. The maximum absolute atomic E-state index is 12.4. The van der Waals surface area contributed by atoms with Crippen molar-refractivity contribution < 1.29 is 13.2 Å². The molecule has 5 nitrogen and oxygen atoms in total.